The topological polar surface area (TPSA) is 34.1 Å². The third kappa shape index (κ3) is 1.56. The van der Waals surface area contributed by atoms with E-state index in [0.717, 1.165) is 25.7 Å². The lowest BCUT2D eigenvalue weighted by Gasteiger charge is -2.58. The smallest absolute Gasteiger partial charge is 0.159 e. The average molecular weight is 312 g/mol. The molecule has 124 valence electrons. The summed E-state index contributed by atoms with van der Waals surface area (Å²) in [4.78, 5) is 24.8. The van der Waals surface area contributed by atoms with Crippen molar-refractivity contribution in [1.82, 2.24) is 0 Å². The van der Waals surface area contributed by atoms with Crippen LogP contribution in [0, 0.1) is 46.3 Å². The molecule has 0 spiro atoms. The van der Waals surface area contributed by atoms with Crippen molar-refractivity contribution in [3.63, 3.8) is 0 Å². The lowest BCUT2D eigenvalue weighted by Crippen LogP contribution is -2.53. The molecule has 0 aromatic carbocycles. The van der Waals surface area contributed by atoms with Gasteiger partial charge in [-0.25, -0.2) is 0 Å². The Labute approximate surface area is 139 Å². The second-order valence-electron chi connectivity index (χ2n) is 9.67. The van der Waals surface area contributed by atoms with E-state index < -0.39 is 0 Å². The zero-order valence-electron chi connectivity index (χ0n) is 14.6. The predicted octanol–water partition coefficient (Wildman–Crippen LogP) is 4.19. The first kappa shape index (κ1) is 14.4. The molecule has 5 rings (SSSR count). The van der Waals surface area contributed by atoms with Crippen molar-refractivity contribution >= 4 is 11.6 Å². The minimum absolute atomic E-state index is 0.0358. The van der Waals surface area contributed by atoms with E-state index >= 15 is 0 Å². The Morgan fingerprint density at radius 1 is 1.04 bits per heavy atom. The average Bonchev–Trinajstić information content (AvgIpc) is 3.26. The standard InChI is InChI=1S/C21H28O2/c1-11-8-12-14-4-5-19(23)20(14,2)7-6-15(12)21(3)16(11)10-18(22)13-9-17(13)21/h10-15,17H,4-9H2,1-3H3/t11-,12-,13-,14-,15-,17+,20-,21+/m0/s1. The van der Waals surface area contributed by atoms with Crippen molar-refractivity contribution in [2.24, 2.45) is 46.3 Å². The SMILES string of the molecule is C[C@H]1C[C@@H]2[C@H](CC[C@]3(C)C(=O)CC[C@@H]23)[C@]2(C)C1=CC(=O)[C@H]1C[C@H]12. The fourth-order valence-corrected chi connectivity index (χ4v) is 7.63. The molecule has 2 heteroatoms. The van der Waals surface area contributed by atoms with E-state index in [-0.39, 0.29) is 10.8 Å². The summed E-state index contributed by atoms with van der Waals surface area (Å²) in [6.45, 7) is 7.06. The maximum atomic E-state index is 12.5. The van der Waals surface area contributed by atoms with Gasteiger partial charge in [-0.05, 0) is 73.2 Å². The molecule has 0 saturated heterocycles. The second-order valence-corrected chi connectivity index (χ2v) is 9.67. The van der Waals surface area contributed by atoms with Crippen molar-refractivity contribution in [2.75, 3.05) is 0 Å². The molecule has 0 amide bonds. The van der Waals surface area contributed by atoms with E-state index in [1.165, 1.54) is 18.4 Å². The molecule has 0 unspecified atom stereocenters. The van der Waals surface area contributed by atoms with E-state index in [4.69, 9.17) is 0 Å². The fraction of sp³-hybridized carbons (Fsp3) is 0.810. The fourth-order valence-electron chi connectivity index (χ4n) is 7.63. The summed E-state index contributed by atoms with van der Waals surface area (Å²) in [5, 5.41) is 0. The third-order valence-electron chi connectivity index (χ3n) is 8.92. The van der Waals surface area contributed by atoms with Crippen LogP contribution in [-0.2, 0) is 9.59 Å². The summed E-state index contributed by atoms with van der Waals surface area (Å²) in [6, 6.07) is 0. The molecule has 0 N–H and O–H groups in total. The number of hydrogen-bond acceptors (Lipinski definition) is 2. The van der Waals surface area contributed by atoms with Gasteiger partial charge in [0.25, 0.3) is 0 Å². The van der Waals surface area contributed by atoms with Crippen molar-refractivity contribution in [3.05, 3.63) is 11.6 Å². The van der Waals surface area contributed by atoms with Gasteiger partial charge >= 0.3 is 0 Å². The summed E-state index contributed by atoms with van der Waals surface area (Å²) >= 11 is 0. The molecule has 0 aromatic heterocycles. The molecular weight excluding hydrogens is 284 g/mol. The molecule has 4 fully saturated rings. The number of ketones is 2. The number of fused-ring (bicyclic) bond motifs is 7. The van der Waals surface area contributed by atoms with E-state index in [1.807, 2.05) is 6.08 Å². The van der Waals surface area contributed by atoms with Gasteiger partial charge in [0.2, 0.25) is 0 Å². The Hall–Kier alpha value is -0.920. The van der Waals surface area contributed by atoms with Crippen molar-refractivity contribution in [3.8, 4) is 0 Å². The molecule has 8 atom stereocenters. The Bertz CT molecular complexity index is 646. The molecular formula is C21H28O2. The quantitative estimate of drug-likeness (QED) is 0.672. The molecule has 0 bridgehead atoms. The van der Waals surface area contributed by atoms with Crippen molar-refractivity contribution in [1.29, 1.82) is 0 Å². The lowest BCUT2D eigenvalue weighted by atomic mass is 9.45. The Morgan fingerprint density at radius 2 is 1.83 bits per heavy atom. The summed E-state index contributed by atoms with van der Waals surface area (Å²) in [7, 11) is 0. The summed E-state index contributed by atoms with van der Waals surface area (Å²) < 4.78 is 0. The highest BCUT2D eigenvalue weighted by atomic mass is 16.1. The van der Waals surface area contributed by atoms with Gasteiger partial charge in [-0.1, -0.05) is 26.3 Å². The molecule has 5 aliphatic rings. The third-order valence-corrected chi connectivity index (χ3v) is 8.92. The minimum Gasteiger partial charge on any atom is -0.299 e. The maximum absolute atomic E-state index is 12.5. The van der Waals surface area contributed by atoms with Gasteiger partial charge in [0.15, 0.2) is 5.78 Å². The number of hydrogen-bond donors (Lipinski definition) is 0. The first-order chi connectivity index (χ1) is 10.9. The molecule has 23 heavy (non-hydrogen) atoms. The Kier molecular flexibility index (Phi) is 2.62. The van der Waals surface area contributed by atoms with Crippen LogP contribution in [0.5, 0.6) is 0 Å². The van der Waals surface area contributed by atoms with Crippen LogP contribution >= 0.6 is 0 Å². The van der Waals surface area contributed by atoms with Crippen LogP contribution in [0.2, 0.25) is 0 Å². The number of carbonyl (C=O) groups is 2. The zero-order chi connectivity index (χ0) is 16.1. The van der Waals surface area contributed by atoms with Crippen LogP contribution < -0.4 is 0 Å². The van der Waals surface area contributed by atoms with E-state index in [1.54, 1.807) is 0 Å². The number of carbonyl (C=O) groups excluding carboxylic acids is 2. The maximum Gasteiger partial charge on any atom is 0.159 e. The normalized spacial score (nSPS) is 57.1. The number of Topliss-reactive ketones (excluding diaryl/α,β-unsaturated/α-hetero) is 1. The van der Waals surface area contributed by atoms with Gasteiger partial charge in [0.05, 0.1) is 0 Å². The van der Waals surface area contributed by atoms with Gasteiger partial charge < -0.3 is 0 Å². The summed E-state index contributed by atoms with van der Waals surface area (Å²) in [5.41, 5.74) is 1.68. The van der Waals surface area contributed by atoms with Gasteiger partial charge in [-0.15, -0.1) is 0 Å². The molecule has 0 heterocycles. The van der Waals surface area contributed by atoms with Crippen LogP contribution in [0.25, 0.3) is 0 Å². The van der Waals surface area contributed by atoms with Gasteiger partial charge in [-0.3, -0.25) is 9.59 Å². The van der Waals surface area contributed by atoms with Crippen LogP contribution in [0.4, 0.5) is 0 Å². The first-order valence-electron chi connectivity index (χ1n) is 9.66. The van der Waals surface area contributed by atoms with Crippen LogP contribution in [0.15, 0.2) is 11.6 Å². The highest BCUT2D eigenvalue weighted by Crippen LogP contribution is 2.71. The zero-order valence-corrected chi connectivity index (χ0v) is 14.6. The Morgan fingerprint density at radius 3 is 2.61 bits per heavy atom. The lowest BCUT2D eigenvalue weighted by molar-refractivity contribution is -0.133. The van der Waals surface area contributed by atoms with E-state index in [9.17, 15) is 9.59 Å². The molecule has 4 saturated carbocycles. The van der Waals surface area contributed by atoms with E-state index in [0.29, 0.717) is 47.1 Å². The molecule has 0 radical (unpaired) electrons. The molecule has 2 nitrogen and oxygen atoms in total. The van der Waals surface area contributed by atoms with Crippen LogP contribution in [0.1, 0.15) is 59.3 Å². The molecule has 5 aliphatic carbocycles. The van der Waals surface area contributed by atoms with Gasteiger partial charge in [-0.2, -0.15) is 0 Å². The van der Waals surface area contributed by atoms with Crippen LogP contribution in [0.3, 0.4) is 0 Å². The summed E-state index contributed by atoms with van der Waals surface area (Å²) in [6.07, 6.45) is 8.56. The second kappa shape index (κ2) is 4.18. The predicted molar refractivity (Wildman–Crippen MR) is 88.6 cm³/mol. The highest BCUT2D eigenvalue weighted by molar-refractivity contribution is 5.96. The Balaban J connectivity index is 1.59. The summed E-state index contributed by atoms with van der Waals surface area (Å²) in [5.74, 6) is 4.39. The van der Waals surface area contributed by atoms with E-state index in [2.05, 4.69) is 20.8 Å². The van der Waals surface area contributed by atoms with Gasteiger partial charge in [0.1, 0.15) is 5.78 Å². The van der Waals surface area contributed by atoms with Crippen molar-refractivity contribution < 1.29 is 9.59 Å². The number of rotatable bonds is 0. The minimum atomic E-state index is -0.0358. The van der Waals surface area contributed by atoms with Gasteiger partial charge in [0, 0.05) is 17.8 Å². The monoisotopic (exact) mass is 312 g/mol. The first-order valence-corrected chi connectivity index (χ1v) is 9.66. The number of allylic oxidation sites excluding steroid dienone is 1. The molecule has 0 aromatic rings. The van der Waals surface area contributed by atoms with Crippen LogP contribution in [-0.4, -0.2) is 11.6 Å². The van der Waals surface area contributed by atoms with Crippen molar-refractivity contribution in [2.45, 2.75) is 59.3 Å². The highest BCUT2D eigenvalue weighted by Gasteiger charge is 2.66. The largest absolute Gasteiger partial charge is 0.299 e. The molecule has 0 aliphatic heterocycles.